The Morgan fingerprint density at radius 1 is 1.17 bits per heavy atom. The van der Waals surface area contributed by atoms with E-state index in [1.54, 1.807) is 0 Å². The molecule has 0 aliphatic rings. The van der Waals surface area contributed by atoms with Gasteiger partial charge in [-0.25, -0.2) is 0 Å². The lowest BCUT2D eigenvalue weighted by atomic mass is 10.0. The number of halogens is 1. The van der Waals surface area contributed by atoms with E-state index in [-0.39, 0.29) is 11.9 Å². The van der Waals surface area contributed by atoms with Crippen molar-refractivity contribution in [3.63, 3.8) is 0 Å². The van der Waals surface area contributed by atoms with E-state index in [0.29, 0.717) is 5.56 Å². The van der Waals surface area contributed by atoms with Crippen LogP contribution >= 0.6 is 15.9 Å². The molecule has 0 aliphatic heterocycles. The van der Waals surface area contributed by atoms with Crippen LogP contribution in [0.15, 0.2) is 28.7 Å². The highest BCUT2D eigenvalue weighted by Gasteiger charge is 2.09. The van der Waals surface area contributed by atoms with Gasteiger partial charge in [0.25, 0.3) is 5.91 Å². The predicted octanol–water partition coefficient (Wildman–Crippen LogP) is 4.39. The zero-order valence-corrected chi connectivity index (χ0v) is 13.0. The maximum atomic E-state index is 11.9. The maximum absolute atomic E-state index is 11.9. The van der Waals surface area contributed by atoms with E-state index in [9.17, 15) is 4.79 Å². The predicted molar refractivity (Wildman–Crippen MR) is 79.8 cm³/mol. The van der Waals surface area contributed by atoms with E-state index in [2.05, 4.69) is 42.0 Å². The van der Waals surface area contributed by atoms with Gasteiger partial charge in [-0.05, 0) is 43.5 Å². The zero-order chi connectivity index (χ0) is 13.5. The molecule has 100 valence electrons. The molecule has 0 radical (unpaired) electrons. The van der Waals surface area contributed by atoms with Crippen LogP contribution in [-0.2, 0) is 0 Å². The number of carbonyl (C=O) groups is 1. The van der Waals surface area contributed by atoms with E-state index in [0.717, 1.165) is 16.8 Å². The molecule has 1 aromatic carbocycles. The average Bonchev–Trinajstić information content (AvgIpc) is 2.29. The number of nitrogens with one attached hydrogen (secondary N) is 1. The minimum Gasteiger partial charge on any atom is -0.350 e. The molecule has 1 aromatic rings. The third-order valence-electron chi connectivity index (χ3n) is 2.90. The summed E-state index contributed by atoms with van der Waals surface area (Å²) in [4.78, 5) is 11.9. The number of rotatable bonds is 6. The molecule has 0 bridgehead atoms. The summed E-state index contributed by atoms with van der Waals surface area (Å²) in [7, 11) is 0. The topological polar surface area (TPSA) is 29.1 Å². The summed E-state index contributed by atoms with van der Waals surface area (Å²) in [6.07, 6.45) is 3.43. The second kappa shape index (κ2) is 7.57. The van der Waals surface area contributed by atoms with Gasteiger partial charge in [-0.3, -0.25) is 4.79 Å². The number of benzene rings is 1. The van der Waals surface area contributed by atoms with Crippen molar-refractivity contribution < 1.29 is 4.79 Å². The summed E-state index contributed by atoms with van der Waals surface area (Å²) in [5, 5.41) is 3.04. The fourth-order valence-electron chi connectivity index (χ4n) is 1.81. The number of hydrogen-bond donors (Lipinski definition) is 1. The summed E-state index contributed by atoms with van der Waals surface area (Å²) in [5.41, 5.74) is 0.717. The Bertz CT molecular complexity index is 373. The quantitative estimate of drug-likeness (QED) is 0.829. The van der Waals surface area contributed by atoms with Crippen LogP contribution in [0, 0.1) is 5.92 Å². The third-order valence-corrected chi connectivity index (χ3v) is 3.43. The van der Waals surface area contributed by atoms with Crippen LogP contribution in [0.4, 0.5) is 0 Å². The first kappa shape index (κ1) is 15.2. The molecule has 2 nitrogen and oxygen atoms in total. The van der Waals surface area contributed by atoms with E-state index < -0.39 is 0 Å². The van der Waals surface area contributed by atoms with Gasteiger partial charge in [0.1, 0.15) is 0 Å². The molecule has 1 rings (SSSR count). The zero-order valence-electron chi connectivity index (χ0n) is 11.4. The van der Waals surface area contributed by atoms with Crippen molar-refractivity contribution in [3.05, 3.63) is 34.3 Å². The highest BCUT2D eigenvalue weighted by molar-refractivity contribution is 9.10. The van der Waals surface area contributed by atoms with Crippen molar-refractivity contribution in [3.8, 4) is 0 Å². The van der Waals surface area contributed by atoms with Crippen LogP contribution in [-0.4, -0.2) is 11.9 Å². The van der Waals surface area contributed by atoms with Crippen LogP contribution in [0.25, 0.3) is 0 Å². The van der Waals surface area contributed by atoms with Crippen LogP contribution in [0.3, 0.4) is 0 Å². The molecule has 0 aliphatic carbocycles. The molecule has 0 spiro atoms. The van der Waals surface area contributed by atoms with E-state index in [1.165, 1.54) is 12.8 Å². The SMILES string of the molecule is CC(C)CCC[C@@H](C)NC(=O)c1ccc(Br)cc1. The second-order valence-electron chi connectivity index (χ2n) is 5.21. The number of carbonyl (C=O) groups excluding carboxylic acids is 1. The standard InChI is InChI=1S/C15H22BrNO/c1-11(2)5-4-6-12(3)17-15(18)13-7-9-14(16)10-8-13/h7-12H,4-6H2,1-3H3,(H,17,18)/t12-/m1/s1. The minimum absolute atomic E-state index is 0.0135. The van der Waals surface area contributed by atoms with Gasteiger partial charge in [-0.1, -0.05) is 42.6 Å². The van der Waals surface area contributed by atoms with Crippen molar-refractivity contribution >= 4 is 21.8 Å². The highest BCUT2D eigenvalue weighted by atomic mass is 79.9. The summed E-state index contributed by atoms with van der Waals surface area (Å²) < 4.78 is 0.990. The molecule has 0 fully saturated rings. The van der Waals surface area contributed by atoms with Gasteiger partial charge < -0.3 is 5.32 Å². The fraction of sp³-hybridized carbons (Fsp3) is 0.533. The van der Waals surface area contributed by atoms with E-state index in [1.807, 2.05) is 24.3 Å². The van der Waals surface area contributed by atoms with Crippen molar-refractivity contribution in [1.29, 1.82) is 0 Å². The second-order valence-corrected chi connectivity index (χ2v) is 6.12. The average molecular weight is 312 g/mol. The Kier molecular flexibility index (Phi) is 6.41. The molecule has 1 N–H and O–H groups in total. The van der Waals surface area contributed by atoms with Gasteiger partial charge in [-0.15, -0.1) is 0 Å². The van der Waals surface area contributed by atoms with Gasteiger partial charge in [0.2, 0.25) is 0 Å². The molecular formula is C15H22BrNO. The monoisotopic (exact) mass is 311 g/mol. The van der Waals surface area contributed by atoms with Crippen molar-refractivity contribution in [1.82, 2.24) is 5.32 Å². The van der Waals surface area contributed by atoms with Gasteiger partial charge >= 0.3 is 0 Å². The number of amides is 1. The first-order chi connectivity index (χ1) is 8.49. The molecule has 0 unspecified atom stereocenters. The smallest absolute Gasteiger partial charge is 0.251 e. The first-order valence-electron chi connectivity index (χ1n) is 6.55. The van der Waals surface area contributed by atoms with E-state index >= 15 is 0 Å². The largest absolute Gasteiger partial charge is 0.350 e. The summed E-state index contributed by atoms with van der Waals surface area (Å²) in [6, 6.07) is 7.68. The summed E-state index contributed by atoms with van der Waals surface area (Å²) >= 11 is 3.36. The van der Waals surface area contributed by atoms with Gasteiger partial charge in [0, 0.05) is 16.1 Å². The Morgan fingerprint density at radius 3 is 2.33 bits per heavy atom. The molecule has 0 aromatic heterocycles. The molecule has 0 saturated carbocycles. The normalized spacial score (nSPS) is 12.5. The lowest BCUT2D eigenvalue weighted by molar-refractivity contribution is 0.0938. The summed E-state index contributed by atoms with van der Waals surface area (Å²) in [6.45, 7) is 6.52. The number of hydrogen-bond acceptors (Lipinski definition) is 1. The Hall–Kier alpha value is -0.830. The summed E-state index contributed by atoms with van der Waals surface area (Å²) in [5.74, 6) is 0.749. The molecule has 18 heavy (non-hydrogen) atoms. The van der Waals surface area contributed by atoms with Crippen LogP contribution in [0.2, 0.25) is 0 Å². The highest BCUT2D eigenvalue weighted by Crippen LogP contribution is 2.12. The van der Waals surface area contributed by atoms with Crippen molar-refractivity contribution in [2.45, 2.75) is 46.1 Å². The Balaban J connectivity index is 2.37. The first-order valence-corrected chi connectivity index (χ1v) is 7.34. The minimum atomic E-state index is 0.0135. The maximum Gasteiger partial charge on any atom is 0.251 e. The third kappa shape index (κ3) is 5.67. The molecule has 1 atom stereocenters. The Morgan fingerprint density at radius 2 is 1.78 bits per heavy atom. The molecule has 0 saturated heterocycles. The Labute approximate surface area is 118 Å². The molecule has 1 amide bonds. The van der Waals surface area contributed by atoms with Crippen molar-refractivity contribution in [2.24, 2.45) is 5.92 Å². The van der Waals surface area contributed by atoms with Crippen LogP contribution < -0.4 is 5.32 Å². The van der Waals surface area contributed by atoms with E-state index in [4.69, 9.17) is 0 Å². The molecule has 3 heteroatoms. The van der Waals surface area contributed by atoms with Gasteiger partial charge in [0.15, 0.2) is 0 Å². The molecule has 0 heterocycles. The van der Waals surface area contributed by atoms with Gasteiger partial charge in [0.05, 0.1) is 0 Å². The van der Waals surface area contributed by atoms with Gasteiger partial charge in [-0.2, -0.15) is 0 Å². The lowest BCUT2D eigenvalue weighted by Crippen LogP contribution is -2.32. The lowest BCUT2D eigenvalue weighted by Gasteiger charge is -2.14. The molecular weight excluding hydrogens is 290 g/mol. The van der Waals surface area contributed by atoms with Crippen molar-refractivity contribution in [2.75, 3.05) is 0 Å². The fourth-order valence-corrected chi connectivity index (χ4v) is 2.08. The van der Waals surface area contributed by atoms with Crippen LogP contribution in [0.1, 0.15) is 50.4 Å². The van der Waals surface area contributed by atoms with Crippen LogP contribution in [0.5, 0.6) is 0 Å².